The van der Waals surface area contributed by atoms with Crippen LogP contribution in [0.4, 0.5) is 17.1 Å². The van der Waals surface area contributed by atoms with Crippen LogP contribution in [0.1, 0.15) is 49.9 Å². The number of fused-ring (bicyclic) bond motifs is 9. The predicted molar refractivity (Wildman–Crippen MR) is 234 cm³/mol. The van der Waals surface area contributed by atoms with E-state index in [9.17, 15) is 0 Å². The van der Waals surface area contributed by atoms with Crippen LogP contribution in [0.25, 0.3) is 66.4 Å². The summed E-state index contributed by atoms with van der Waals surface area (Å²) in [5, 5.41) is 2.28. The summed E-state index contributed by atoms with van der Waals surface area (Å²) in [5.74, 6) is 0. The third-order valence-corrected chi connectivity index (χ3v) is 12.7. The number of para-hydroxylation sites is 2. The molecule has 1 heterocycles. The van der Waals surface area contributed by atoms with Crippen molar-refractivity contribution in [3.63, 3.8) is 0 Å². The highest BCUT2D eigenvalue weighted by Gasteiger charge is 2.41. The maximum absolute atomic E-state index is 6.44. The molecule has 56 heavy (non-hydrogen) atoms. The summed E-state index contributed by atoms with van der Waals surface area (Å²) in [6.07, 6.45) is 0. The second kappa shape index (κ2) is 11.9. The van der Waals surface area contributed by atoms with E-state index in [4.69, 9.17) is 4.42 Å². The lowest BCUT2D eigenvalue weighted by Gasteiger charge is -2.27. The van der Waals surface area contributed by atoms with Crippen molar-refractivity contribution < 1.29 is 4.42 Å². The summed E-state index contributed by atoms with van der Waals surface area (Å²) < 4.78 is 6.44. The Morgan fingerprint density at radius 1 is 0.357 bits per heavy atom. The molecule has 0 saturated carbocycles. The molecular weight excluding hydrogens is 679 g/mol. The smallest absolute Gasteiger partial charge is 0.143 e. The number of hydrogen-bond donors (Lipinski definition) is 0. The maximum atomic E-state index is 6.44. The number of furan rings is 1. The Morgan fingerprint density at radius 3 is 1.61 bits per heavy atom. The van der Waals surface area contributed by atoms with Crippen LogP contribution in [0, 0.1) is 0 Å². The molecule has 0 fully saturated rings. The molecule has 0 aliphatic heterocycles. The van der Waals surface area contributed by atoms with Crippen LogP contribution in [0.15, 0.2) is 180 Å². The Bertz CT molecular complexity index is 3000. The van der Waals surface area contributed by atoms with Gasteiger partial charge in [-0.2, -0.15) is 0 Å². The molecule has 2 nitrogen and oxygen atoms in total. The molecule has 2 aliphatic rings. The standard InChI is InChI=1S/C54H41NO/c1-53(2)47-19-10-8-15-41(47)45-32-50-46(33-49(45)53)44-31-39(29-30-48(44)54(50,3)4)55(37-25-21-35(22-26-37)34-13-6-5-7-14-34)38-27-23-36(24-28-38)40-17-12-18-43-42-16-9-11-20-51(42)56-52(40)43/h5-33H,1-4H3. The summed E-state index contributed by atoms with van der Waals surface area (Å²) >= 11 is 0. The first-order valence-electron chi connectivity index (χ1n) is 19.7. The second-order valence-corrected chi connectivity index (χ2v) is 16.5. The van der Waals surface area contributed by atoms with Gasteiger partial charge in [-0.15, -0.1) is 0 Å². The maximum Gasteiger partial charge on any atom is 0.143 e. The number of anilines is 3. The third kappa shape index (κ3) is 4.75. The minimum Gasteiger partial charge on any atom is -0.455 e. The van der Waals surface area contributed by atoms with E-state index in [-0.39, 0.29) is 10.8 Å². The highest BCUT2D eigenvalue weighted by Crippen LogP contribution is 2.57. The average Bonchev–Trinajstić information content (AvgIpc) is 3.81. The fourth-order valence-electron chi connectivity index (χ4n) is 9.72. The van der Waals surface area contributed by atoms with Crippen LogP contribution < -0.4 is 4.90 Å². The van der Waals surface area contributed by atoms with Crippen molar-refractivity contribution >= 4 is 39.0 Å². The Hall–Kier alpha value is -6.64. The molecule has 2 aliphatic carbocycles. The lowest BCUT2D eigenvalue weighted by Crippen LogP contribution is -2.17. The van der Waals surface area contributed by atoms with E-state index in [1.807, 2.05) is 12.1 Å². The van der Waals surface area contributed by atoms with Gasteiger partial charge in [0.2, 0.25) is 0 Å². The molecule has 2 heteroatoms. The predicted octanol–water partition coefficient (Wildman–Crippen LogP) is 15.0. The number of rotatable bonds is 5. The van der Waals surface area contributed by atoms with E-state index in [1.54, 1.807) is 0 Å². The van der Waals surface area contributed by atoms with E-state index in [2.05, 4.69) is 196 Å². The highest BCUT2D eigenvalue weighted by molar-refractivity contribution is 6.09. The van der Waals surface area contributed by atoms with Gasteiger partial charge in [-0.3, -0.25) is 0 Å². The van der Waals surface area contributed by atoms with Crippen LogP contribution in [0.2, 0.25) is 0 Å². The van der Waals surface area contributed by atoms with Crippen molar-refractivity contribution in [3.05, 3.63) is 198 Å². The van der Waals surface area contributed by atoms with Crippen LogP contribution in [0.3, 0.4) is 0 Å². The van der Waals surface area contributed by atoms with Gasteiger partial charge in [-0.05, 0) is 116 Å². The topological polar surface area (TPSA) is 16.4 Å². The first-order chi connectivity index (χ1) is 27.3. The molecule has 0 amide bonds. The molecule has 0 unspecified atom stereocenters. The van der Waals surface area contributed by atoms with E-state index >= 15 is 0 Å². The normalized spacial score (nSPS) is 14.4. The Balaban J connectivity index is 1.05. The van der Waals surface area contributed by atoms with Crippen LogP contribution in [0.5, 0.6) is 0 Å². The zero-order valence-electron chi connectivity index (χ0n) is 32.1. The molecule has 8 aromatic carbocycles. The Kier molecular flexibility index (Phi) is 6.98. The van der Waals surface area contributed by atoms with Gasteiger partial charge < -0.3 is 9.32 Å². The molecule has 0 bridgehead atoms. The largest absolute Gasteiger partial charge is 0.455 e. The second-order valence-electron chi connectivity index (χ2n) is 16.5. The minimum absolute atomic E-state index is 0.0631. The molecule has 9 aromatic rings. The molecule has 0 atom stereocenters. The van der Waals surface area contributed by atoms with Crippen molar-refractivity contribution in [1.29, 1.82) is 0 Å². The van der Waals surface area contributed by atoms with E-state index < -0.39 is 0 Å². The monoisotopic (exact) mass is 719 g/mol. The third-order valence-electron chi connectivity index (χ3n) is 12.7. The SMILES string of the molecule is CC1(C)c2ccccc2-c2cc3c(cc21)-c1cc(N(c2ccc(-c4ccccc4)cc2)c2ccc(-c4cccc5c4oc4ccccc45)cc2)ccc1C3(C)C. The number of benzene rings is 8. The quantitative estimate of drug-likeness (QED) is 0.176. The lowest BCUT2D eigenvalue weighted by molar-refractivity contribution is 0.652. The summed E-state index contributed by atoms with van der Waals surface area (Å²) in [6, 6.07) is 64.4. The Labute approximate surface area is 328 Å². The van der Waals surface area contributed by atoms with Crippen molar-refractivity contribution in [2.75, 3.05) is 4.90 Å². The fourth-order valence-corrected chi connectivity index (χ4v) is 9.72. The van der Waals surface area contributed by atoms with Crippen molar-refractivity contribution in [2.45, 2.75) is 38.5 Å². The van der Waals surface area contributed by atoms with E-state index in [0.717, 1.165) is 50.1 Å². The van der Waals surface area contributed by atoms with Crippen molar-refractivity contribution in [2.24, 2.45) is 0 Å². The summed E-state index contributed by atoms with van der Waals surface area (Å²) in [4.78, 5) is 2.40. The summed E-state index contributed by atoms with van der Waals surface area (Å²) in [6.45, 7) is 9.52. The van der Waals surface area contributed by atoms with Crippen molar-refractivity contribution in [3.8, 4) is 44.5 Å². The first kappa shape index (κ1) is 32.8. The molecular formula is C54H41NO. The molecule has 0 spiro atoms. The zero-order chi connectivity index (χ0) is 37.8. The Morgan fingerprint density at radius 2 is 0.875 bits per heavy atom. The minimum atomic E-state index is -0.124. The number of nitrogens with zero attached hydrogens (tertiary/aromatic N) is 1. The highest BCUT2D eigenvalue weighted by atomic mass is 16.3. The van der Waals surface area contributed by atoms with Crippen LogP contribution >= 0.6 is 0 Å². The van der Waals surface area contributed by atoms with E-state index in [0.29, 0.717) is 0 Å². The van der Waals surface area contributed by atoms with Crippen LogP contribution in [-0.4, -0.2) is 0 Å². The van der Waals surface area contributed by atoms with Gasteiger partial charge in [0.1, 0.15) is 11.2 Å². The summed E-state index contributed by atoms with van der Waals surface area (Å²) in [7, 11) is 0. The number of hydrogen-bond acceptors (Lipinski definition) is 2. The van der Waals surface area contributed by atoms with Crippen LogP contribution in [-0.2, 0) is 10.8 Å². The van der Waals surface area contributed by atoms with Gasteiger partial charge >= 0.3 is 0 Å². The molecule has 0 N–H and O–H groups in total. The lowest BCUT2D eigenvalue weighted by atomic mass is 9.79. The molecule has 11 rings (SSSR count). The van der Waals surface area contributed by atoms with E-state index in [1.165, 1.54) is 55.6 Å². The molecule has 268 valence electrons. The molecule has 0 saturated heterocycles. The first-order valence-corrected chi connectivity index (χ1v) is 19.7. The van der Waals surface area contributed by atoms with Gasteiger partial charge in [0, 0.05) is 44.2 Å². The molecule has 1 aromatic heterocycles. The molecule has 0 radical (unpaired) electrons. The van der Waals surface area contributed by atoms with Gasteiger partial charge in [-0.1, -0.05) is 149 Å². The van der Waals surface area contributed by atoms with Gasteiger partial charge in [-0.25, -0.2) is 0 Å². The van der Waals surface area contributed by atoms with Gasteiger partial charge in [0.05, 0.1) is 0 Å². The fraction of sp³-hybridized carbons (Fsp3) is 0.111. The van der Waals surface area contributed by atoms with Gasteiger partial charge in [0.15, 0.2) is 0 Å². The zero-order valence-corrected chi connectivity index (χ0v) is 32.1. The van der Waals surface area contributed by atoms with Gasteiger partial charge in [0.25, 0.3) is 0 Å². The average molecular weight is 720 g/mol. The van der Waals surface area contributed by atoms with Crippen molar-refractivity contribution in [1.82, 2.24) is 0 Å². The summed E-state index contributed by atoms with van der Waals surface area (Å²) in [5.41, 5.74) is 20.6.